The number of hydrogen-bond donors (Lipinski definition) is 2. The third-order valence-corrected chi connectivity index (χ3v) is 5.01. The van der Waals surface area contributed by atoms with Gasteiger partial charge in [0.2, 0.25) is 0 Å². The van der Waals surface area contributed by atoms with Gasteiger partial charge >= 0.3 is 0 Å². The maximum atomic E-state index is 4.68. The van der Waals surface area contributed by atoms with Crippen molar-refractivity contribution >= 4 is 17.5 Å². The minimum atomic E-state index is 0.382. The molecule has 1 aliphatic rings. The Balaban J connectivity index is 1.40. The average molecular weight is 375 g/mol. The Morgan fingerprint density at radius 3 is 2.82 bits per heavy atom. The largest absolute Gasteiger partial charge is 0.373 e. The molecule has 0 aliphatic carbocycles. The number of anilines is 3. The van der Waals surface area contributed by atoms with Crippen LogP contribution in [0.3, 0.4) is 0 Å². The van der Waals surface area contributed by atoms with Gasteiger partial charge < -0.3 is 15.5 Å². The predicted molar refractivity (Wildman–Crippen MR) is 112 cm³/mol. The predicted octanol–water partition coefficient (Wildman–Crippen LogP) is 2.98. The average Bonchev–Trinajstić information content (AvgIpc) is 3.22. The van der Waals surface area contributed by atoms with Crippen LogP contribution in [0.5, 0.6) is 0 Å². The first-order valence-corrected chi connectivity index (χ1v) is 9.68. The molecule has 1 fully saturated rings. The molecule has 1 aromatic carbocycles. The SMILES string of the molecule is CNc1cc(N2CCCC2CNc2ccnc(Cc3ccccc3)n2)ncn1. The molecule has 0 bridgehead atoms. The van der Waals surface area contributed by atoms with Crippen LogP contribution >= 0.6 is 0 Å². The Labute approximate surface area is 165 Å². The molecule has 144 valence electrons. The highest BCUT2D eigenvalue weighted by atomic mass is 15.3. The zero-order valence-corrected chi connectivity index (χ0v) is 16.0. The van der Waals surface area contributed by atoms with Gasteiger partial charge in [-0.3, -0.25) is 0 Å². The van der Waals surface area contributed by atoms with Crippen molar-refractivity contribution in [3.63, 3.8) is 0 Å². The smallest absolute Gasteiger partial charge is 0.135 e. The molecule has 1 unspecified atom stereocenters. The summed E-state index contributed by atoms with van der Waals surface area (Å²) in [6.45, 7) is 1.83. The van der Waals surface area contributed by atoms with E-state index in [-0.39, 0.29) is 0 Å². The molecular weight excluding hydrogens is 350 g/mol. The molecule has 0 radical (unpaired) electrons. The highest BCUT2D eigenvalue weighted by molar-refractivity contribution is 5.50. The van der Waals surface area contributed by atoms with Gasteiger partial charge in [0, 0.05) is 44.9 Å². The fourth-order valence-corrected chi connectivity index (χ4v) is 3.57. The van der Waals surface area contributed by atoms with Crippen LogP contribution in [0.1, 0.15) is 24.2 Å². The summed E-state index contributed by atoms with van der Waals surface area (Å²) in [6, 6.07) is 14.6. The van der Waals surface area contributed by atoms with E-state index in [1.165, 1.54) is 5.56 Å². The van der Waals surface area contributed by atoms with E-state index in [0.717, 1.165) is 55.6 Å². The van der Waals surface area contributed by atoms with Gasteiger partial charge in [0.15, 0.2) is 0 Å². The molecule has 3 aromatic rings. The topological polar surface area (TPSA) is 78.9 Å². The number of aromatic nitrogens is 4. The first-order chi connectivity index (χ1) is 13.8. The molecule has 2 aromatic heterocycles. The van der Waals surface area contributed by atoms with Gasteiger partial charge in [0.25, 0.3) is 0 Å². The van der Waals surface area contributed by atoms with Gasteiger partial charge in [-0.05, 0) is 24.5 Å². The minimum Gasteiger partial charge on any atom is -0.373 e. The van der Waals surface area contributed by atoms with Gasteiger partial charge in [-0.15, -0.1) is 0 Å². The Hall–Kier alpha value is -3.22. The summed E-state index contributed by atoms with van der Waals surface area (Å²) in [6.07, 6.45) is 6.47. The van der Waals surface area contributed by atoms with Crippen LogP contribution in [0.15, 0.2) is 55.0 Å². The van der Waals surface area contributed by atoms with Crippen molar-refractivity contribution in [3.05, 3.63) is 66.4 Å². The Kier molecular flexibility index (Phi) is 5.61. The molecule has 2 N–H and O–H groups in total. The number of benzene rings is 1. The van der Waals surface area contributed by atoms with Gasteiger partial charge in [0.05, 0.1) is 0 Å². The van der Waals surface area contributed by atoms with Crippen molar-refractivity contribution in [3.8, 4) is 0 Å². The molecule has 0 amide bonds. The minimum absolute atomic E-state index is 0.382. The molecule has 7 nitrogen and oxygen atoms in total. The fraction of sp³-hybridized carbons (Fsp3) is 0.333. The second-order valence-electron chi connectivity index (χ2n) is 6.90. The van der Waals surface area contributed by atoms with Crippen molar-refractivity contribution in [2.45, 2.75) is 25.3 Å². The fourth-order valence-electron chi connectivity index (χ4n) is 3.57. The first-order valence-electron chi connectivity index (χ1n) is 9.68. The lowest BCUT2D eigenvalue weighted by molar-refractivity contribution is 0.688. The normalized spacial score (nSPS) is 16.2. The van der Waals surface area contributed by atoms with Crippen LogP contribution in [0.4, 0.5) is 17.5 Å². The maximum absolute atomic E-state index is 4.68. The quantitative estimate of drug-likeness (QED) is 0.657. The van der Waals surface area contributed by atoms with Gasteiger partial charge in [-0.1, -0.05) is 30.3 Å². The van der Waals surface area contributed by atoms with Crippen molar-refractivity contribution in [2.75, 3.05) is 35.7 Å². The van der Waals surface area contributed by atoms with Gasteiger partial charge in [-0.25, -0.2) is 19.9 Å². The lowest BCUT2D eigenvalue weighted by Crippen LogP contribution is -2.35. The molecule has 7 heteroatoms. The van der Waals surface area contributed by atoms with Crippen LogP contribution in [0, 0.1) is 0 Å². The lowest BCUT2D eigenvalue weighted by Gasteiger charge is -2.26. The Morgan fingerprint density at radius 1 is 1.07 bits per heavy atom. The summed E-state index contributed by atoms with van der Waals surface area (Å²) in [4.78, 5) is 20.1. The van der Waals surface area contributed by atoms with E-state index >= 15 is 0 Å². The molecule has 1 aliphatic heterocycles. The van der Waals surface area contributed by atoms with E-state index in [4.69, 9.17) is 0 Å². The molecule has 0 spiro atoms. The van der Waals surface area contributed by atoms with E-state index < -0.39 is 0 Å². The van der Waals surface area contributed by atoms with Gasteiger partial charge in [0.1, 0.15) is 29.6 Å². The van der Waals surface area contributed by atoms with Crippen molar-refractivity contribution < 1.29 is 0 Å². The Morgan fingerprint density at radius 2 is 1.96 bits per heavy atom. The molecule has 0 saturated carbocycles. The van der Waals surface area contributed by atoms with Gasteiger partial charge in [-0.2, -0.15) is 0 Å². The van der Waals surface area contributed by atoms with Crippen molar-refractivity contribution in [2.24, 2.45) is 0 Å². The highest BCUT2D eigenvalue weighted by Gasteiger charge is 2.25. The second-order valence-corrected chi connectivity index (χ2v) is 6.90. The number of nitrogens with zero attached hydrogens (tertiary/aromatic N) is 5. The number of rotatable bonds is 7. The Bertz CT molecular complexity index is 900. The van der Waals surface area contributed by atoms with Crippen LogP contribution < -0.4 is 15.5 Å². The molecule has 4 rings (SSSR count). The third-order valence-electron chi connectivity index (χ3n) is 5.01. The summed E-state index contributed by atoms with van der Waals surface area (Å²) in [7, 11) is 1.87. The zero-order chi connectivity index (χ0) is 19.2. The van der Waals surface area contributed by atoms with Crippen LogP contribution in [0.2, 0.25) is 0 Å². The third kappa shape index (κ3) is 4.36. The summed E-state index contributed by atoms with van der Waals surface area (Å²) < 4.78 is 0. The molecule has 1 atom stereocenters. The summed E-state index contributed by atoms with van der Waals surface area (Å²) in [5.74, 6) is 3.50. The molecule has 3 heterocycles. The van der Waals surface area contributed by atoms with Crippen molar-refractivity contribution in [1.82, 2.24) is 19.9 Å². The van der Waals surface area contributed by atoms with Crippen LogP contribution in [-0.4, -0.2) is 46.1 Å². The second kappa shape index (κ2) is 8.65. The van der Waals surface area contributed by atoms with Crippen LogP contribution in [-0.2, 0) is 6.42 Å². The van der Waals surface area contributed by atoms with E-state index in [2.05, 4.69) is 47.6 Å². The summed E-state index contributed by atoms with van der Waals surface area (Å²) >= 11 is 0. The summed E-state index contributed by atoms with van der Waals surface area (Å²) in [5.41, 5.74) is 1.21. The van der Waals surface area contributed by atoms with E-state index in [0.29, 0.717) is 6.04 Å². The maximum Gasteiger partial charge on any atom is 0.135 e. The standard InChI is InChI=1S/C21H25N7/c1-22-19-13-21(26-15-25-19)28-11-5-8-17(28)14-24-18-9-10-23-20(27-18)12-16-6-3-2-4-7-16/h2-4,6-7,9-10,13,15,17H,5,8,11-12,14H2,1H3,(H,22,25,26)(H,23,24,27). The van der Waals surface area contributed by atoms with E-state index in [9.17, 15) is 0 Å². The highest BCUT2D eigenvalue weighted by Crippen LogP contribution is 2.25. The molecule has 28 heavy (non-hydrogen) atoms. The van der Waals surface area contributed by atoms with E-state index in [1.54, 1.807) is 6.33 Å². The number of hydrogen-bond acceptors (Lipinski definition) is 7. The molecular formula is C21H25N7. The number of nitrogens with one attached hydrogen (secondary N) is 2. The zero-order valence-electron chi connectivity index (χ0n) is 16.0. The lowest BCUT2D eigenvalue weighted by atomic mass is 10.1. The van der Waals surface area contributed by atoms with Crippen molar-refractivity contribution in [1.29, 1.82) is 0 Å². The van der Waals surface area contributed by atoms with E-state index in [1.807, 2.05) is 43.6 Å². The monoisotopic (exact) mass is 375 g/mol. The van der Waals surface area contributed by atoms with Crippen LogP contribution in [0.25, 0.3) is 0 Å². The first kappa shape index (κ1) is 18.2. The summed E-state index contributed by atoms with van der Waals surface area (Å²) in [5, 5.41) is 6.57. The molecule has 1 saturated heterocycles.